The SMILES string of the molecule is CC(C)(C)c1ccc(Nc2cc3c(cc2-c2ccc4c5cc6c(cc5n5c4c2Bc2cc(C(C)(C)C)ccc2-5)-c2ccccc2C6(C)C)oc2cc4c(cc23)C(C)(C)CCC4(C)C)cc1. The number of rotatable bonds is 3. The van der Waals surface area contributed by atoms with Gasteiger partial charge < -0.3 is 14.3 Å². The van der Waals surface area contributed by atoms with E-state index >= 15 is 0 Å². The Morgan fingerprint density at radius 3 is 1.91 bits per heavy atom. The molecule has 9 aromatic rings. The van der Waals surface area contributed by atoms with Crippen LogP contribution in [0.5, 0.6) is 0 Å². The molecule has 0 spiro atoms. The van der Waals surface area contributed by atoms with E-state index in [1.807, 2.05) is 0 Å². The lowest BCUT2D eigenvalue weighted by Gasteiger charge is -2.41. The predicted octanol–water partition coefficient (Wildman–Crippen LogP) is 15.0. The molecule has 3 heterocycles. The smallest absolute Gasteiger partial charge is 0.198 e. The van der Waals surface area contributed by atoms with Crippen molar-refractivity contribution in [1.29, 1.82) is 0 Å². The second-order valence-electron chi connectivity index (χ2n) is 23.8. The first-order valence-corrected chi connectivity index (χ1v) is 24.0. The Balaban J connectivity index is 1.14. The largest absolute Gasteiger partial charge is 0.456 e. The molecule has 1 aliphatic heterocycles. The normalized spacial score (nSPS) is 16.7. The highest BCUT2D eigenvalue weighted by molar-refractivity contribution is 6.73. The monoisotopic (exact) mass is 848 g/mol. The molecule has 1 N–H and O–H groups in total. The number of hydrogen-bond donors (Lipinski definition) is 1. The van der Waals surface area contributed by atoms with Crippen molar-refractivity contribution in [3.8, 4) is 27.9 Å². The fourth-order valence-electron chi connectivity index (χ4n) is 12.1. The molecule has 2 aromatic heterocycles. The van der Waals surface area contributed by atoms with E-state index in [2.05, 4.69) is 208 Å². The average molecular weight is 849 g/mol. The lowest BCUT2D eigenvalue weighted by molar-refractivity contribution is 0.332. The molecule has 0 amide bonds. The van der Waals surface area contributed by atoms with Gasteiger partial charge in [-0.25, -0.2) is 0 Å². The van der Waals surface area contributed by atoms with Crippen LogP contribution < -0.4 is 16.2 Å². The lowest BCUT2D eigenvalue weighted by atomic mass is 9.58. The third kappa shape index (κ3) is 5.87. The molecule has 3 nitrogen and oxygen atoms in total. The number of aromatic nitrogens is 1. The number of furan rings is 1. The Kier molecular flexibility index (Phi) is 8.16. The van der Waals surface area contributed by atoms with Gasteiger partial charge in [-0.15, -0.1) is 0 Å². The minimum absolute atomic E-state index is 0.0224. The van der Waals surface area contributed by atoms with Gasteiger partial charge >= 0.3 is 0 Å². The Bertz CT molecular complexity index is 3520. The maximum absolute atomic E-state index is 7.02. The van der Waals surface area contributed by atoms with Crippen LogP contribution in [0.1, 0.15) is 129 Å². The van der Waals surface area contributed by atoms with Crippen molar-refractivity contribution < 1.29 is 4.42 Å². The Morgan fingerprint density at radius 2 is 1.18 bits per heavy atom. The molecule has 324 valence electrons. The highest BCUT2D eigenvalue weighted by Gasteiger charge is 2.39. The van der Waals surface area contributed by atoms with E-state index < -0.39 is 0 Å². The molecule has 3 aliphatic rings. The summed E-state index contributed by atoms with van der Waals surface area (Å²) >= 11 is 0. The fourth-order valence-corrected chi connectivity index (χ4v) is 12.1. The van der Waals surface area contributed by atoms with Crippen LogP contribution >= 0.6 is 0 Å². The molecule has 0 atom stereocenters. The fraction of sp³-hybridized carbons (Fsp3) is 0.311. The van der Waals surface area contributed by atoms with Crippen LogP contribution in [0.25, 0.3) is 71.7 Å². The Hall–Kier alpha value is -6.00. The van der Waals surface area contributed by atoms with Crippen molar-refractivity contribution >= 4 is 73.3 Å². The summed E-state index contributed by atoms with van der Waals surface area (Å²) in [5.41, 5.74) is 24.3. The molecule has 0 unspecified atom stereocenters. The van der Waals surface area contributed by atoms with Crippen LogP contribution in [0.2, 0.25) is 0 Å². The van der Waals surface area contributed by atoms with E-state index in [-0.39, 0.29) is 27.1 Å². The van der Waals surface area contributed by atoms with Gasteiger partial charge in [0, 0.05) is 55.1 Å². The van der Waals surface area contributed by atoms with Crippen molar-refractivity contribution in [2.24, 2.45) is 0 Å². The van der Waals surface area contributed by atoms with Gasteiger partial charge in [-0.2, -0.15) is 0 Å². The summed E-state index contributed by atoms with van der Waals surface area (Å²) < 4.78 is 9.62. The summed E-state index contributed by atoms with van der Waals surface area (Å²) in [7, 11) is 0.838. The van der Waals surface area contributed by atoms with Gasteiger partial charge in [-0.1, -0.05) is 149 Å². The zero-order valence-electron chi connectivity index (χ0n) is 40.4. The molecule has 0 saturated carbocycles. The summed E-state index contributed by atoms with van der Waals surface area (Å²) in [5.74, 6) is 0. The van der Waals surface area contributed by atoms with E-state index in [4.69, 9.17) is 4.42 Å². The minimum atomic E-state index is -0.0879. The highest BCUT2D eigenvalue weighted by Crippen LogP contribution is 2.52. The van der Waals surface area contributed by atoms with Gasteiger partial charge in [0.1, 0.15) is 11.2 Å². The van der Waals surface area contributed by atoms with Crippen LogP contribution in [0, 0.1) is 0 Å². The number of fused-ring (bicyclic) bond motifs is 12. The summed E-state index contributed by atoms with van der Waals surface area (Å²) in [5, 5.41) is 8.97. The molecule has 4 heteroatoms. The van der Waals surface area contributed by atoms with Crippen LogP contribution in [-0.2, 0) is 27.1 Å². The molecule has 0 bridgehead atoms. The van der Waals surface area contributed by atoms with Crippen LogP contribution in [-0.4, -0.2) is 11.8 Å². The van der Waals surface area contributed by atoms with Crippen molar-refractivity contribution in [2.75, 3.05) is 5.32 Å². The van der Waals surface area contributed by atoms with Gasteiger partial charge in [-0.3, -0.25) is 0 Å². The Labute approximate surface area is 385 Å². The maximum Gasteiger partial charge on any atom is 0.198 e. The van der Waals surface area contributed by atoms with Gasteiger partial charge in [0.15, 0.2) is 7.28 Å². The Morgan fingerprint density at radius 1 is 0.538 bits per heavy atom. The van der Waals surface area contributed by atoms with Crippen molar-refractivity contribution in [3.63, 3.8) is 0 Å². The second-order valence-corrected chi connectivity index (χ2v) is 23.8. The molecule has 7 aromatic carbocycles. The summed E-state index contributed by atoms with van der Waals surface area (Å²) in [6.45, 7) is 28.2. The average Bonchev–Trinajstić information content (AvgIpc) is 3.86. The van der Waals surface area contributed by atoms with E-state index in [9.17, 15) is 0 Å². The zero-order valence-corrected chi connectivity index (χ0v) is 40.4. The molecule has 2 aliphatic carbocycles. The van der Waals surface area contributed by atoms with E-state index in [1.54, 1.807) is 0 Å². The van der Waals surface area contributed by atoms with Gasteiger partial charge in [0.05, 0.1) is 5.52 Å². The first kappa shape index (κ1) is 40.5. The van der Waals surface area contributed by atoms with Gasteiger partial charge in [0.2, 0.25) is 0 Å². The second kappa shape index (κ2) is 13.1. The van der Waals surface area contributed by atoms with Crippen molar-refractivity contribution in [1.82, 2.24) is 4.57 Å². The first-order chi connectivity index (χ1) is 30.7. The molecule has 12 rings (SSSR count). The first-order valence-electron chi connectivity index (χ1n) is 24.0. The highest BCUT2D eigenvalue weighted by atomic mass is 16.3. The van der Waals surface area contributed by atoms with Gasteiger partial charge in [-0.05, 0) is 145 Å². The topological polar surface area (TPSA) is 30.1 Å². The van der Waals surface area contributed by atoms with E-state index in [0.29, 0.717) is 0 Å². The van der Waals surface area contributed by atoms with Crippen LogP contribution in [0.3, 0.4) is 0 Å². The van der Waals surface area contributed by atoms with Crippen LogP contribution in [0.15, 0.2) is 120 Å². The quantitative estimate of drug-likeness (QED) is 0.180. The summed E-state index contributed by atoms with van der Waals surface area (Å²) in [6.07, 6.45) is 2.34. The van der Waals surface area contributed by atoms with Gasteiger partial charge in [0.25, 0.3) is 0 Å². The lowest BCUT2D eigenvalue weighted by Crippen LogP contribution is -2.38. The third-order valence-electron chi connectivity index (χ3n) is 16.2. The number of benzene rings is 7. The third-order valence-corrected chi connectivity index (χ3v) is 16.2. The number of nitrogens with one attached hydrogen (secondary N) is 1. The van der Waals surface area contributed by atoms with Crippen molar-refractivity contribution in [3.05, 3.63) is 149 Å². The molecule has 65 heavy (non-hydrogen) atoms. The molecule has 0 fully saturated rings. The maximum atomic E-state index is 7.02. The predicted molar refractivity (Wildman–Crippen MR) is 280 cm³/mol. The summed E-state index contributed by atoms with van der Waals surface area (Å²) in [6, 6.07) is 44.7. The van der Waals surface area contributed by atoms with E-state index in [0.717, 1.165) is 40.8 Å². The van der Waals surface area contributed by atoms with E-state index in [1.165, 1.54) is 107 Å². The molecular formula is C61H61BN2O. The number of nitrogens with zero attached hydrogens (tertiary/aromatic N) is 1. The minimum Gasteiger partial charge on any atom is -0.456 e. The molecular weight excluding hydrogens is 787 g/mol. The zero-order chi connectivity index (χ0) is 45.3. The van der Waals surface area contributed by atoms with Crippen molar-refractivity contribution in [2.45, 2.75) is 123 Å². The molecule has 0 saturated heterocycles. The molecule has 0 radical (unpaired) electrons. The number of anilines is 2. The van der Waals surface area contributed by atoms with Crippen LogP contribution in [0.4, 0.5) is 11.4 Å². The standard InChI is InChI=1S/C61H61BN2O/c1-57(2,3)34-17-20-36(21-18-34)63-50-30-44-43-29-47-48(60(9,10)26-25-59(47,7)8)33-54(43)65-53(44)32-41(50)38-22-23-39-42-28-46-40(37-15-13-14-16-45(37)61(46,11)12)31-52(42)64-51-24-19-35(58(4,5)6)27-49(51)62-55(38)56(39)64/h13-24,27-33,62-63H,25-26H2,1-12H3. The summed E-state index contributed by atoms with van der Waals surface area (Å²) in [4.78, 5) is 0. The number of hydrogen-bond acceptors (Lipinski definition) is 2.